The van der Waals surface area contributed by atoms with Gasteiger partial charge in [0.05, 0.1) is 0 Å². The first kappa shape index (κ1) is 13.9. The van der Waals surface area contributed by atoms with Gasteiger partial charge in [-0.05, 0) is 37.6 Å². The summed E-state index contributed by atoms with van der Waals surface area (Å²) in [5.41, 5.74) is 9.23. The van der Waals surface area contributed by atoms with Gasteiger partial charge in [-0.15, -0.1) is 0 Å². The minimum Gasteiger partial charge on any atom is -0.369 e. The van der Waals surface area contributed by atoms with Gasteiger partial charge in [0.15, 0.2) is 0 Å². The van der Waals surface area contributed by atoms with E-state index in [4.69, 9.17) is 5.73 Å². The molecule has 110 valence electrons. The molecule has 2 fully saturated rings. The van der Waals surface area contributed by atoms with E-state index in [1.165, 1.54) is 36.9 Å². The molecular weight excluding hydrogens is 246 g/mol. The maximum absolute atomic E-state index is 6.13. The third-order valence-electron chi connectivity index (χ3n) is 5.28. The molecule has 3 rings (SSSR count). The standard InChI is InChI=1S/C17H27N3/c1-19-9-11-20(12-10-19)16-6-4-5-15(13-16)17(14-18)7-2-3-8-17/h4-6,13H,2-3,7-12,14,18H2,1H3. The van der Waals surface area contributed by atoms with Crippen LogP contribution in [0.15, 0.2) is 24.3 Å². The fourth-order valence-corrected chi connectivity index (χ4v) is 3.76. The Kier molecular flexibility index (Phi) is 3.99. The first-order valence-electron chi connectivity index (χ1n) is 7.98. The molecule has 0 amide bonds. The van der Waals surface area contributed by atoms with Crippen LogP contribution < -0.4 is 10.6 Å². The van der Waals surface area contributed by atoms with Gasteiger partial charge in [0, 0.05) is 43.8 Å². The van der Waals surface area contributed by atoms with Crippen molar-refractivity contribution in [1.82, 2.24) is 4.90 Å². The lowest BCUT2D eigenvalue weighted by Crippen LogP contribution is -2.44. The molecule has 0 atom stereocenters. The SMILES string of the molecule is CN1CCN(c2cccc(C3(CN)CCCC3)c2)CC1. The van der Waals surface area contributed by atoms with Crippen LogP contribution in [-0.2, 0) is 5.41 Å². The molecule has 20 heavy (non-hydrogen) atoms. The predicted octanol–water partition coefficient (Wildman–Crippen LogP) is 2.21. The first-order valence-corrected chi connectivity index (χ1v) is 7.98. The highest BCUT2D eigenvalue weighted by Gasteiger charge is 2.34. The number of likely N-dealkylation sites (N-methyl/N-ethyl adjacent to an activating group) is 1. The van der Waals surface area contributed by atoms with Crippen molar-refractivity contribution in [3.8, 4) is 0 Å². The summed E-state index contributed by atoms with van der Waals surface area (Å²) in [5.74, 6) is 0. The number of nitrogens with two attached hydrogens (primary N) is 1. The summed E-state index contributed by atoms with van der Waals surface area (Å²) < 4.78 is 0. The highest BCUT2D eigenvalue weighted by molar-refractivity contribution is 5.51. The Hall–Kier alpha value is -1.06. The zero-order chi connectivity index (χ0) is 14.0. The Bertz CT molecular complexity index is 443. The van der Waals surface area contributed by atoms with E-state index < -0.39 is 0 Å². The molecule has 1 saturated heterocycles. The lowest BCUT2D eigenvalue weighted by atomic mass is 9.79. The summed E-state index contributed by atoms with van der Waals surface area (Å²) in [4.78, 5) is 4.92. The van der Waals surface area contributed by atoms with E-state index in [0.717, 1.165) is 32.7 Å². The second kappa shape index (κ2) is 5.74. The van der Waals surface area contributed by atoms with Gasteiger partial charge in [-0.2, -0.15) is 0 Å². The van der Waals surface area contributed by atoms with Gasteiger partial charge in [-0.1, -0.05) is 25.0 Å². The Morgan fingerprint density at radius 2 is 1.80 bits per heavy atom. The van der Waals surface area contributed by atoms with Crippen molar-refractivity contribution in [3.05, 3.63) is 29.8 Å². The maximum atomic E-state index is 6.13. The van der Waals surface area contributed by atoms with Crippen molar-refractivity contribution in [2.75, 3.05) is 44.7 Å². The van der Waals surface area contributed by atoms with Crippen LogP contribution in [0.2, 0.25) is 0 Å². The van der Waals surface area contributed by atoms with Gasteiger partial charge in [-0.3, -0.25) is 0 Å². The summed E-state index contributed by atoms with van der Waals surface area (Å²) in [6.45, 7) is 5.38. The summed E-state index contributed by atoms with van der Waals surface area (Å²) >= 11 is 0. The number of benzene rings is 1. The first-order chi connectivity index (χ1) is 9.73. The van der Waals surface area contributed by atoms with Crippen molar-refractivity contribution in [1.29, 1.82) is 0 Å². The van der Waals surface area contributed by atoms with E-state index in [1.54, 1.807) is 0 Å². The second-order valence-corrected chi connectivity index (χ2v) is 6.53. The molecule has 0 radical (unpaired) electrons. The Balaban J connectivity index is 1.82. The predicted molar refractivity (Wildman–Crippen MR) is 85.4 cm³/mol. The van der Waals surface area contributed by atoms with E-state index in [9.17, 15) is 0 Å². The highest BCUT2D eigenvalue weighted by Crippen LogP contribution is 2.41. The molecule has 1 aliphatic heterocycles. The molecule has 0 spiro atoms. The molecule has 3 heteroatoms. The van der Waals surface area contributed by atoms with Crippen molar-refractivity contribution in [2.45, 2.75) is 31.1 Å². The third kappa shape index (κ3) is 2.57. The smallest absolute Gasteiger partial charge is 0.0370 e. The van der Waals surface area contributed by atoms with Gasteiger partial charge in [-0.25, -0.2) is 0 Å². The highest BCUT2D eigenvalue weighted by atomic mass is 15.2. The summed E-state index contributed by atoms with van der Waals surface area (Å²) in [6.07, 6.45) is 5.18. The normalized spacial score (nSPS) is 23.2. The lowest BCUT2D eigenvalue weighted by Gasteiger charge is -2.35. The molecule has 1 heterocycles. The molecule has 0 unspecified atom stereocenters. The largest absolute Gasteiger partial charge is 0.369 e. The molecule has 1 aliphatic carbocycles. The van der Waals surface area contributed by atoms with Crippen LogP contribution >= 0.6 is 0 Å². The van der Waals surface area contributed by atoms with Gasteiger partial charge < -0.3 is 15.5 Å². The van der Waals surface area contributed by atoms with Crippen molar-refractivity contribution in [3.63, 3.8) is 0 Å². The molecule has 1 aromatic rings. The Morgan fingerprint density at radius 3 is 2.45 bits per heavy atom. The third-order valence-corrected chi connectivity index (χ3v) is 5.28. The number of hydrogen-bond donors (Lipinski definition) is 1. The van der Waals surface area contributed by atoms with Gasteiger partial charge in [0.1, 0.15) is 0 Å². The summed E-state index contributed by atoms with van der Waals surface area (Å²) in [5, 5.41) is 0. The van der Waals surface area contributed by atoms with E-state index in [0.29, 0.717) is 0 Å². The molecule has 1 aromatic carbocycles. The van der Waals surface area contributed by atoms with Crippen LogP contribution in [0.25, 0.3) is 0 Å². The van der Waals surface area contributed by atoms with Crippen LogP contribution in [0.5, 0.6) is 0 Å². The van der Waals surface area contributed by atoms with Crippen LogP contribution in [0.1, 0.15) is 31.2 Å². The Labute approximate surface area is 122 Å². The zero-order valence-electron chi connectivity index (χ0n) is 12.6. The monoisotopic (exact) mass is 273 g/mol. The molecule has 2 N–H and O–H groups in total. The van der Waals surface area contributed by atoms with E-state index >= 15 is 0 Å². The van der Waals surface area contributed by atoms with Gasteiger partial charge in [0.2, 0.25) is 0 Å². The van der Waals surface area contributed by atoms with Crippen LogP contribution in [0.3, 0.4) is 0 Å². The lowest BCUT2D eigenvalue weighted by molar-refractivity contribution is 0.313. The molecule has 1 saturated carbocycles. The van der Waals surface area contributed by atoms with E-state index in [-0.39, 0.29) is 5.41 Å². The van der Waals surface area contributed by atoms with Gasteiger partial charge in [0.25, 0.3) is 0 Å². The summed E-state index contributed by atoms with van der Waals surface area (Å²) in [6, 6.07) is 9.17. The van der Waals surface area contributed by atoms with Crippen molar-refractivity contribution < 1.29 is 0 Å². The second-order valence-electron chi connectivity index (χ2n) is 6.53. The molecule has 3 nitrogen and oxygen atoms in total. The zero-order valence-corrected chi connectivity index (χ0v) is 12.6. The number of piperazine rings is 1. The molecule has 0 aromatic heterocycles. The number of hydrogen-bond acceptors (Lipinski definition) is 3. The molecule has 0 bridgehead atoms. The van der Waals surface area contributed by atoms with E-state index in [2.05, 4.69) is 41.1 Å². The van der Waals surface area contributed by atoms with Crippen molar-refractivity contribution >= 4 is 5.69 Å². The maximum Gasteiger partial charge on any atom is 0.0370 e. The number of nitrogens with zero attached hydrogens (tertiary/aromatic N) is 2. The average Bonchev–Trinajstić information content (AvgIpc) is 2.98. The molecule has 2 aliphatic rings. The van der Waals surface area contributed by atoms with Crippen LogP contribution in [-0.4, -0.2) is 44.7 Å². The minimum absolute atomic E-state index is 0.253. The van der Waals surface area contributed by atoms with Gasteiger partial charge >= 0.3 is 0 Å². The number of rotatable bonds is 3. The topological polar surface area (TPSA) is 32.5 Å². The summed E-state index contributed by atoms with van der Waals surface area (Å²) in [7, 11) is 2.20. The van der Waals surface area contributed by atoms with E-state index in [1.807, 2.05) is 0 Å². The van der Waals surface area contributed by atoms with Crippen LogP contribution in [0.4, 0.5) is 5.69 Å². The quantitative estimate of drug-likeness (QED) is 0.916. The number of anilines is 1. The average molecular weight is 273 g/mol. The van der Waals surface area contributed by atoms with Crippen molar-refractivity contribution in [2.24, 2.45) is 5.73 Å². The minimum atomic E-state index is 0.253. The fourth-order valence-electron chi connectivity index (χ4n) is 3.76. The Morgan fingerprint density at radius 1 is 1.10 bits per heavy atom. The fraction of sp³-hybridized carbons (Fsp3) is 0.647. The molecular formula is C17H27N3. The van der Waals surface area contributed by atoms with Crippen LogP contribution in [0, 0.1) is 0 Å².